The molecule has 0 saturated carbocycles. The van der Waals surface area contributed by atoms with Gasteiger partial charge in [-0.2, -0.15) is 0 Å². The summed E-state index contributed by atoms with van der Waals surface area (Å²) in [5, 5.41) is 11.0. The second kappa shape index (κ2) is 4.80. The SMILES string of the molecule is C=CC(O)OC(=O)c1cccc2ccccc12. The highest BCUT2D eigenvalue weighted by atomic mass is 16.6. The Hall–Kier alpha value is -2.13. The molecule has 86 valence electrons. The molecular weight excluding hydrogens is 216 g/mol. The Morgan fingerprint density at radius 3 is 2.71 bits per heavy atom. The maximum Gasteiger partial charge on any atom is 0.341 e. The van der Waals surface area contributed by atoms with Crippen LogP contribution in [-0.4, -0.2) is 17.4 Å². The van der Waals surface area contributed by atoms with Crippen LogP contribution in [0.5, 0.6) is 0 Å². The Morgan fingerprint density at radius 2 is 1.94 bits per heavy atom. The molecule has 1 atom stereocenters. The number of carbonyl (C=O) groups is 1. The Bertz CT molecular complexity index is 555. The molecular formula is C14H12O3. The predicted molar refractivity (Wildman–Crippen MR) is 65.6 cm³/mol. The van der Waals surface area contributed by atoms with E-state index in [9.17, 15) is 9.90 Å². The first-order valence-corrected chi connectivity index (χ1v) is 5.22. The molecule has 1 unspecified atom stereocenters. The van der Waals surface area contributed by atoms with Crippen molar-refractivity contribution in [3.63, 3.8) is 0 Å². The van der Waals surface area contributed by atoms with Crippen LogP contribution in [0.25, 0.3) is 10.8 Å². The van der Waals surface area contributed by atoms with E-state index in [-0.39, 0.29) is 0 Å². The van der Waals surface area contributed by atoms with Gasteiger partial charge >= 0.3 is 5.97 Å². The van der Waals surface area contributed by atoms with E-state index in [0.717, 1.165) is 16.8 Å². The van der Waals surface area contributed by atoms with Gasteiger partial charge in [0.05, 0.1) is 5.56 Å². The Morgan fingerprint density at radius 1 is 1.24 bits per heavy atom. The van der Waals surface area contributed by atoms with E-state index in [1.165, 1.54) is 0 Å². The molecule has 2 aromatic rings. The van der Waals surface area contributed by atoms with Crippen molar-refractivity contribution in [3.8, 4) is 0 Å². The number of benzene rings is 2. The van der Waals surface area contributed by atoms with Crippen LogP contribution in [0, 0.1) is 0 Å². The number of carbonyl (C=O) groups excluding carboxylic acids is 1. The van der Waals surface area contributed by atoms with Crippen molar-refractivity contribution in [2.24, 2.45) is 0 Å². The standard InChI is InChI=1S/C14H12O3/c1-2-13(15)17-14(16)12-9-5-7-10-6-3-4-8-11(10)12/h2-9,13,15H,1H2. The summed E-state index contributed by atoms with van der Waals surface area (Å²) in [6.07, 6.45) is -0.121. The molecule has 0 bridgehead atoms. The summed E-state index contributed by atoms with van der Waals surface area (Å²) >= 11 is 0. The molecule has 3 nitrogen and oxygen atoms in total. The number of aliphatic hydroxyl groups is 1. The van der Waals surface area contributed by atoms with Crippen LogP contribution < -0.4 is 0 Å². The molecule has 0 spiro atoms. The van der Waals surface area contributed by atoms with Gasteiger partial charge in [0.1, 0.15) is 0 Å². The minimum Gasteiger partial charge on any atom is -0.429 e. The van der Waals surface area contributed by atoms with Gasteiger partial charge in [-0.05, 0) is 22.9 Å². The Balaban J connectivity index is 2.41. The normalized spacial score (nSPS) is 12.1. The fraction of sp³-hybridized carbons (Fsp3) is 0.0714. The quantitative estimate of drug-likeness (QED) is 0.498. The third kappa shape index (κ3) is 2.34. The van der Waals surface area contributed by atoms with Crippen LogP contribution in [0.2, 0.25) is 0 Å². The van der Waals surface area contributed by atoms with Crippen molar-refractivity contribution in [2.75, 3.05) is 0 Å². The molecule has 0 saturated heterocycles. The Labute approximate surface area is 99.0 Å². The van der Waals surface area contributed by atoms with Gasteiger partial charge in [0.25, 0.3) is 0 Å². The molecule has 3 heteroatoms. The summed E-state index contributed by atoms with van der Waals surface area (Å²) in [4.78, 5) is 11.8. The molecule has 0 aliphatic rings. The lowest BCUT2D eigenvalue weighted by atomic mass is 10.1. The number of rotatable bonds is 3. The topological polar surface area (TPSA) is 46.5 Å². The number of esters is 1. The van der Waals surface area contributed by atoms with Gasteiger partial charge in [-0.15, -0.1) is 0 Å². The van der Waals surface area contributed by atoms with Crippen LogP contribution >= 0.6 is 0 Å². The van der Waals surface area contributed by atoms with Gasteiger partial charge in [0, 0.05) is 0 Å². The van der Waals surface area contributed by atoms with E-state index in [4.69, 9.17) is 4.74 Å². The van der Waals surface area contributed by atoms with E-state index in [2.05, 4.69) is 6.58 Å². The number of hydrogen-bond acceptors (Lipinski definition) is 3. The average molecular weight is 228 g/mol. The summed E-state index contributed by atoms with van der Waals surface area (Å²) in [6.45, 7) is 3.34. The van der Waals surface area contributed by atoms with Gasteiger partial charge in [0.2, 0.25) is 6.29 Å². The zero-order valence-electron chi connectivity index (χ0n) is 9.17. The highest BCUT2D eigenvalue weighted by Crippen LogP contribution is 2.19. The summed E-state index contributed by atoms with van der Waals surface area (Å²) in [7, 11) is 0. The van der Waals surface area contributed by atoms with Crippen LogP contribution in [0.1, 0.15) is 10.4 Å². The lowest BCUT2D eigenvalue weighted by molar-refractivity contribution is -0.0348. The van der Waals surface area contributed by atoms with Gasteiger partial charge in [-0.25, -0.2) is 4.79 Å². The third-order valence-electron chi connectivity index (χ3n) is 2.44. The minimum absolute atomic E-state index is 0.434. The molecule has 2 aromatic carbocycles. The van der Waals surface area contributed by atoms with Gasteiger partial charge < -0.3 is 9.84 Å². The van der Waals surface area contributed by atoms with Gasteiger partial charge in [-0.1, -0.05) is 43.0 Å². The average Bonchev–Trinajstić information content (AvgIpc) is 2.37. The molecule has 0 radical (unpaired) electrons. The first-order valence-electron chi connectivity index (χ1n) is 5.22. The molecule has 0 aromatic heterocycles. The number of ether oxygens (including phenoxy) is 1. The molecule has 0 heterocycles. The molecule has 2 rings (SSSR count). The third-order valence-corrected chi connectivity index (χ3v) is 2.44. The van der Waals surface area contributed by atoms with Crippen molar-refractivity contribution in [1.29, 1.82) is 0 Å². The molecule has 1 N–H and O–H groups in total. The first kappa shape index (κ1) is 11.4. The highest BCUT2D eigenvalue weighted by molar-refractivity contribution is 6.04. The minimum atomic E-state index is -1.28. The first-order chi connectivity index (χ1) is 8.22. The number of fused-ring (bicyclic) bond motifs is 1. The van der Waals surface area contributed by atoms with Crippen LogP contribution in [0.3, 0.4) is 0 Å². The molecule has 17 heavy (non-hydrogen) atoms. The fourth-order valence-corrected chi connectivity index (χ4v) is 1.62. The largest absolute Gasteiger partial charge is 0.429 e. The second-order valence-corrected chi connectivity index (χ2v) is 3.56. The monoisotopic (exact) mass is 228 g/mol. The zero-order valence-corrected chi connectivity index (χ0v) is 9.17. The maximum atomic E-state index is 11.8. The molecule has 0 fully saturated rings. The van der Waals surface area contributed by atoms with Crippen molar-refractivity contribution in [2.45, 2.75) is 6.29 Å². The second-order valence-electron chi connectivity index (χ2n) is 3.56. The summed E-state index contributed by atoms with van der Waals surface area (Å²) in [5.41, 5.74) is 0.434. The Kier molecular flexibility index (Phi) is 3.21. The van der Waals surface area contributed by atoms with Crippen molar-refractivity contribution in [3.05, 3.63) is 60.7 Å². The summed E-state index contributed by atoms with van der Waals surface area (Å²) in [5.74, 6) is -0.561. The van der Waals surface area contributed by atoms with Gasteiger partial charge in [-0.3, -0.25) is 0 Å². The van der Waals surface area contributed by atoms with E-state index >= 15 is 0 Å². The van der Waals surface area contributed by atoms with Crippen molar-refractivity contribution < 1.29 is 14.6 Å². The lowest BCUT2D eigenvalue weighted by Gasteiger charge is -2.09. The molecule has 0 amide bonds. The summed E-state index contributed by atoms with van der Waals surface area (Å²) < 4.78 is 4.79. The molecule has 0 aliphatic carbocycles. The zero-order chi connectivity index (χ0) is 12.3. The highest BCUT2D eigenvalue weighted by Gasteiger charge is 2.13. The van der Waals surface area contributed by atoms with Crippen LogP contribution in [-0.2, 0) is 4.74 Å². The van der Waals surface area contributed by atoms with E-state index in [0.29, 0.717) is 5.56 Å². The van der Waals surface area contributed by atoms with Gasteiger partial charge in [0.15, 0.2) is 0 Å². The summed E-state index contributed by atoms with van der Waals surface area (Å²) in [6, 6.07) is 12.9. The number of hydrogen-bond donors (Lipinski definition) is 1. The smallest absolute Gasteiger partial charge is 0.341 e. The van der Waals surface area contributed by atoms with E-state index in [1.807, 2.05) is 30.3 Å². The number of aliphatic hydroxyl groups excluding tert-OH is 1. The van der Waals surface area contributed by atoms with Crippen molar-refractivity contribution >= 4 is 16.7 Å². The maximum absolute atomic E-state index is 11.8. The van der Waals surface area contributed by atoms with E-state index < -0.39 is 12.3 Å². The van der Waals surface area contributed by atoms with E-state index in [1.54, 1.807) is 12.1 Å². The van der Waals surface area contributed by atoms with Crippen molar-refractivity contribution in [1.82, 2.24) is 0 Å². The van der Waals surface area contributed by atoms with Crippen LogP contribution in [0.15, 0.2) is 55.1 Å². The lowest BCUT2D eigenvalue weighted by Crippen LogP contribution is -2.15. The van der Waals surface area contributed by atoms with Crippen LogP contribution in [0.4, 0.5) is 0 Å². The predicted octanol–water partition coefficient (Wildman–Crippen LogP) is 2.50. The molecule has 0 aliphatic heterocycles. The fourth-order valence-electron chi connectivity index (χ4n) is 1.62.